The molecule has 4 heteroatoms. The zero-order chi connectivity index (χ0) is 12.3. The van der Waals surface area contributed by atoms with E-state index in [0.29, 0.717) is 6.54 Å². The second-order valence-corrected chi connectivity index (χ2v) is 5.15. The van der Waals surface area contributed by atoms with Crippen LogP contribution in [0.15, 0.2) is 11.1 Å². The Labute approximate surface area is 102 Å². The van der Waals surface area contributed by atoms with Gasteiger partial charge in [-0.05, 0) is 25.3 Å². The first kappa shape index (κ1) is 12.6. The Morgan fingerprint density at radius 2 is 2.12 bits per heavy atom. The maximum absolute atomic E-state index is 11.8. The van der Waals surface area contributed by atoms with Crippen molar-refractivity contribution in [3.8, 4) is 0 Å². The molecule has 1 saturated carbocycles. The number of aliphatic hydroxyl groups excluding tert-OH is 1. The smallest absolute Gasteiger partial charge is 0.246 e. The molecule has 2 rings (SSSR count). The van der Waals surface area contributed by atoms with Gasteiger partial charge in [-0.1, -0.05) is 12.8 Å². The highest BCUT2D eigenvalue weighted by atomic mass is 16.3. The van der Waals surface area contributed by atoms with Crippen molar-refractivity contribution in [2.75, 3.05) is 19.6 Å². The lowest BCUT2D eigenvalue weighted by molar-refractivity contribution is -0.118. The van der Waals surface area contributed by atoms with Gasteiger partial charge in [0, 0.05) is 31.1 Å². The van der Waals surface area contributed by atoms with Gasteiger partial charge in [0.1, 0.15) is 0 Å². The van der Waals surface area contributed by atoms with Gasteiger partial charge in [0.15, 0.2) is 0 Å². The molecule has 0 spiro atoms. The van der Waals surface area contributed by atoms with E-state index in [-0.39, 0.29) is 17.9 Å². The Morgan fingerprint density at radius 3 is 2.71 bits per heavy atom. The van der Waals surface area contributed by atoms with Crippen LogP contribution in [-0.2, 0) is 4.79 Å². The summed E-state index contributed by atoms with van der Waals surface area (Å²) in [4.78, 5) is 11.8. The maximum atomic E-state index is 11.8. The van der Waals surface area contributed by atoms with E-state index in [1.807, 2.05) is 6.92 Å². The molecule has 0 aromatic heterocycles. The van der Waals surface area contributed by atoms with Crippen LogP contribution in [0.3, 0.4) is 0 Å². The maximum Gasteiger partial charge on any atom is 0.246 e. The van der Waals surface area contributed by atoms with E-state index in [1.165, 1.54) is 12.0 Å². The number of nitrogens with one attached hydrogen (secondary N) is 2. The minimum Gasteiger partial charge on any atom is -0.393 e. The predicted octanol–water partition coefficient (Wildman–Crippen LogP) is 0.573. The summed E-state index contributed by atoms with van der Waals surface area (Å²) in [6.07, 6.45) is 3.95. The van der Waals surface area contributed by atoms with Crippen molar-refractivity contribution in [1.29, 1.82) is 0 Å². The van der Waals surface area contributed by atoms with Gasteiger partial charge in [-0.3, -0.25) is 4.79 Å². The molecule has 3 N–H and O–H groups in total. The van der Waals surface area contributed by atoms with Crippen molar-refractivity contribution in [3.05, 3.63) is 11.1 Å². The topological polar surface area (TPSA) is 61.4 Å². The van der Waals surface area contributed by atoms with E-state index in [4.69, 9.17) is 0 Å². The molecule has 2 fully saturated rings. The van der Waals surface area contributed by atoms with Crippen LogP contribution in [0.4, 0.5) is 0 Å². The lowest BCUT2D eigenvalue weighted by Crippen LogP contribution is -2.40. The highest BCUT2D eigenvalue weighted by Crippen LogP contribution is 2.23. The molecule has 2 atom stereocenters. The minimum atomic E-state index is -0.234. The molecule has 0 radical (unpaired) electrons. The lowest BCUT2D eigenvalue weighted by atomic mass is 9.86. The van der Waals surface area contributed by atoms with E-state index >= 15 is 0 Å². The van der Waals surface area contributed by atoms with Crippen LogP contribution in [0.25, 0.3) is 0 Å². The molecule has 0 bridgehead atoms. The van der Waals surface area contributed by atoms with Crippen molar-refractivity contribution >= 4 is 5.91 Å². The Bertz CT molecular complexity index is 319. The SMILES string of the molecule is CC(C(=O)NCC1CCCCC1O)=C1CNC1. The fraction of sp³-hybridized carbons (Fsp3) is 0.769. The normalized spacial score (nSPS) is 28.5. The third kappa shape index (κ3) is 3.07. The monoisotopic (exact) mass is 238 g/mol. The number of carbonyl (C=O) groups is 1. The molecule has 0 aromatic carbocycles. The predicted molar refractivity (Wildman–Crippen MR) is 66.5 cm³/mol. The number of carbonyl (C=O) groups excluding carboxylic acids is 1. The lowest BCUT2D eigenvalue weighted by Gasteiger charge is -2.28. The minimum absolute atomic E-state index is 0.0271. The quantitative estimate of drug-likeness (QED) is 0.630. The van der Waals surface area contributed by atoms with E-state index in [2.05, 4.69) is 10.6 Å². The zero-order valence-corrected chi connectivity index (χ0v) is 10.5. The standard InChI is InChI=1S/C13H22N2O2/c1-9(11-6-14-7-11)13(17)15-8-10-4-2-3-5-12(10)16/h10,12,14,16H,2-8H2,1H3,(H,15,17). The number of rotatable bonds is 3. The summed E-state index contributed by atoms with van der Waals surface area (Å²) >= 11 is 0. The summed E-state index contributed by atoms with van der Waals surface area (Å²) < 4.78 is 0. The first-order valence-corrected chi connectivity index (χ1v) is 6.54. The molecule has 4 nitrogen and oxygen atoms in total. The van der Waals surface area contributed by atoms with Gasteiger partial charge in [0.05, 0.1) is 6.10 Å². The largest absolute Gasteiger partial charge is 0.393 e. The Balaban J connectivity index is 1.79. The Hall–Kier alpha value is -0.870. The van der Waals surface area contributed by atoms with E-state index in [0.717, 1.165) is 37.9 Å². The molecule has 2 aliphatic rings. The van der Waals surface area contributed by atoms with Crippen LogP contribution in [-0.4, -0.2) is 36.8 Å². The fourth-order valence-electron chi connectivity index (χ4n) is 2.46. The van der Waals surface area contributed by atoms with Gasteiger partial charge in [0.25, 0.3) is 0 Å². The fourth-order valence-corrected chi connectivity index (χ4v) is 2.46. The molecule has 1 saturated heterocycles. The van der Waals surface area contributed by atoms with Gasteiger partial charge >= 0.3 is 0 Å². The summed E-state index contributed by atoms with van der Waals surface area (Å²) in [5, 5.41) is 15.9. The summed E-state index contributed by atoms with van der Waals surface area (Å²) in [5.41, 5.74) is 2.04. The van der Waals surface area contributed by atoms with Crippen LogP contribution in [0.2, 0.25) is 0 Å². The molecular weight excluding hydrogens is 216 g/mol. The van der Waals surface area contributed by atoms with Gasteiger partial charge < -0.3 is 15.7 Å². The van der Waals surface area contributed by atoms with Crippen molar-refractivity contribution in [2.24, 2.45) is 5.92 Å². The molecule has 2 unspecified atom stereocenters. The van der Waals surface area contributed by atoms with E-state index in [9.17, 15) is 9.90 Å². The van der Waals surface area contributed by atoms with Crippen LogP contribution >= 0.6 is 0 Å². The molecule has 1 heterocycles. The zero-order valence-electron chi connectivity index (χ0n) is 10.5. The summed E-state index contributed by atoms with van der Waals surface area (Å²) in [7, 11) is 0. The summed E-state index contributed by atoms with van der Waals surface area (Å²) in [6, 6.07) is 0. The Kier molecular flexibility index (Phi) is 4.18. The number of amides is 1. The second-order valence-electron chi connectivity index (χ2n) is 5.15. The van der Waals surface area contributed by atoms with Crippen LogP contribution in [0.5, 0.6) is 0 Å². The molecule has 1 amide bonds. The van der Waals surface area contributed by atoms with Crippen LogP contribution in [0, 0.1) is 5.92 Å². The third-order valence-electron chi connectivity index (χ3n) is 3.94. The average molecular weight is 238 g/mol. The molecular formula is C13H22N2O2. The van der Waals surface area contributed by atoms with Crippen LogP contribution in [0.1, 0.15) is 32.6 Å². The van der Waals surface area contributed by atoms with Crippen molar-refractivity contribution in [3.63, 3.8) is 0 Å². The highest BCUT2D eigenvalue weighted by Gasteiger charge is 2.24. The van der Waals surface area contributed by atoms with Gasteiger partial charge in [-0.25, -0.2) is 0 Å². The van der Waals surface area contributed by atoms with Gasteiger partial charge in [-0.2, -0.15) is 0 Å². The third-order valence-corrected chi connectivity index (χ3v) is 3.94. The van der Waals surface area contributed by atoms with Crippen molar-refractivity contribution < 1.29 is 9.90 Å². The molecule has 96 valence electrons. The van der Waals surface area contributed by atoms with Crippen LogP contribution < -0.4 is 10.6 Å². The van der Waals surface area contributed by atoms with E-state index < -0.39 is 0 Å². The average Bonchev–Trinajstić information content (AvgIpc) is 2.25. The molecule has 17 heavy (non-hydrogen) atoms. The van der Waals surface area contributed by atoms with Gasteiger partial charge in [0.2, 0.25) is 5.91 Å². The molecule has 0 aromatic rings. The summed E-state index contributed by atoms with van der Waals surface area (Å²) in [6.45, 7) is 4.16. The molecule has 1 aliphatic carbocycles. The first-order valence-electron chi connectivity index (χ1n) is 6.54. The molecule has 1 aliphatic heterocycles. The van der Waals surface area contributed by atoms with E-state index in [1.54, 1.807) is 0 Å². The first-order chi connectivity index (χ1) is 8.18. The number of hydrogen-bond acceptors (Lipinski definition) is 3. The van der Waals surface area contributed by atoms with Crippen molar-refractivity contribution in [2.45, 2.75) is 38.7 Å². The second kappa shape index (κ2) is 5.65. The summed E-state index contributed by atoms with van der Waals surface area (Å²) in [5.74, 6) is 0.268. The number of aliphatic hydroxyl groups is 1. The van der Waals surface area contributed by atoms with Gasteiger partial charge in [-0.15, -0.1) is 0 Å². The van der Waals surface area contributed by atoms with Crippen molar-refractivity contribution in [1.82, 2.24) is 10.6 Å². The highest BCUT2D eigenvalue weighted by molar-refractivity contribution is 5.93. The number of hydrogen-bond donors (Lipinski definition) is 3. The Morgan fingerprint density at radius 1 is 1.41 bits per heavy atom.